The van der Waals surface area contributed by atoms with Gasteiger partial charge in [0.05, 0.1) is 4.91 Å². The van der Waals surface area contributed by atoms with E-state index in [-0.39, 0.29) is 6.54 Å². The van der Waals surface area contributed by atoms with Crippen LogP contribution in [0.2, 0.25) is 0 Å². The molecule has 0 unspecified atom stereocenters. The molecule has 0 aliphatic carbocycles. The SMILES string of the molecule is Cc1ccsc1/C=C1/SC(=O)N(CC(=O)Nc2cccc3ccccc23)C1=O. The Morgan fingerprint density at radius 1 is 1.11 bits per heavy atom. The van der Waals surface area contributed by atoms with Gasteiger partial charge >= 0.3 is 0 Å². The third kappa shape index (κ3) is 3.58. The van der Waals surface area contributed by atoms with Crippen molar-refractivity contribution in [3.63, 3.8) is 0 Å². The molecule has 1 aliphatic heterocycles. The molecule has 0 spiro atoms. The first kappa shape index (κ1) is 18.5. The number of anilines is 1. The number of amides is 3. The van der Waals surface area contributed by atoms with Crippen LogP contribution in [0.1, 0.15) is 10.4 Å². The molecule has 1 aromatic heterocycles. The number of carbonyl (C=O) groups is 3. The van der Waals surface area contributed by atoms with Gasteiger partial charge in [0.15, 0.2) is 0 Å². The topological polar surface area (TPSA) is 66.5 Å². The van der Waals surface area contributed by atoms with Gasteiger partial charge in [-0.15, -0.1) is 11.3 Å². The van der Waals surface area contributed by atoms with Gasteiger partial charge in [-0.2, -0.15) is 0 Å². The number of rotatable bonds is 4. The van der Waals surface area contributed by atoms with Gasteiger partial charge < -0.3 is 5.32 Å². The summed E-state index contributed by atoms with van der Waals surface area (Å²) in [6, 6.07) is 15.3. The molecule has 0 bridgehead atoms. The van der Waals surface area contributed by atoms with E-state index in [1.807, 2.05) is 54.8 Å². The summed E-state index contributed by atoms with van der Waals surface area (Å²) in [4.78, 5) is 39.6. The van der Waals surface area contributed by atoms with Gasteiger partial charge in [0.25, 0.3) is 11.1 Å². The Hall–Kier alpha value is -2.90. The number of thioether (sulfide) groups is 1. The second-order valence-corrected chi connectivity index (χ2v) is 8.25. The number of benzene rings is 2. The van der Waals surface area contributed by atoms with E-state index in [1.54, 1.807) is 12.1 Å². The maximum atomic E-state index is 12.6. The van der Waals surface area contributed by atoms with E-state index in [1.165, 1.54) is 11.3 Å². The molecule has 5 nitrogen and oxygen atoms in total. The molecule has 0 saturated carbocycles. The summed E-state index contributed by atoms with van der Waals surface area (Å²) >= 11 is 2.37. The highest BCUT2D eigenvalue weighted by atomic mass is 32.2. The normalized spacial score (nSPS) is 15.6. The highest BCUT2D eigenvalue weighted by Crippen LogP contribution is 2.33. The second-order valence-electron chi connectivity index (χ2n) is 6.31. The lowest BCUT2D eigenvalue weighted by atomic mass is 10.1. The third-order valence-electron chi connectivity index (χ3n) is 4.40. The molecule has 3 aromatic rings. The average molecular weight is 409 g/mol. The Balaban J connectivity index is 1.50. The van der Waals surface area contributed by atoms with Crippen molar-refractivity contribution < 1.29 is 14.4 Å². The zero-order chi connectivity index (χ0) is 19.7. The first-order valence-electron chi connectivity index (χ1n) is 8.60. The molecule has 1 aliphatic rings. The van der Waals surface area contributed by atoms with Crippen LogP contribution in [-0.2, 0) is 9.59 Å². The molecule has 0 radical (unpaired) electrons. The van der Waals surface area contributed by atoms with Gasteiger partial charge in [-0.1, -0.05) is 36.4 Å². The van der Waals surface area contributed by atoms with E-state index >= 15 is 0 Å². The monoisotopic (exact) mass is 408 g/mol. The van der Waals surface area contributed by atoms with Gasteiger partial charge in [0.1, 0.15) is 6.54 Å². The van der Waals surface area contributed by atoms with E-state index < -0.39 is 17.1 Å². The predicted octanol–water partition coefficient (Wildman–Crippen LogP) is 4.88. The van der Waals surface area contributed by atoms with E-state index in [2.05, 4.69) is 5.32 Å². The standard InChI is InChI=1S/C21H16N2O3S2/c1-13-9-10-27-17(13)11-18-20(25)23(21(26)28-18)12-19(24)22-16-8-4-6-14-5-2-3-7-15(14)16/h2-11H,12H2,1H3,(H,22,24)/b18-11+. The minimum absolute atomic E-state index is 0.311. The summed E-state index contributed by atoms with van der Waals surface area (Å²) in [5.74, 6) is -0.844. The number of thiophene rings is 1. The molecular formula is C21H16N2O3S2. The van der Waals surface area contributed by atoms with Crippen LogP contribution in [0.3, 0.4) is 0 Å². The number of imide groups is 1. The van der Waals surface area contributed by atoms with Crippen molar-refractivity contribution in [1.29, 1.82) is 0 Å². The van der Waals surface area contributed by atoms with Crippen molar-refractivity contribution in [2.45, 2.75) is 6.92 Å². The summed E-state index contributed by atoms with van der Waals surface area (Å²) in [6.07, 6.45) is 1.72. The molecular weight excluding hydrogens is 392 g/mol. The highest BCUT2D eigenvalue weighted by molar-refractivity contribution is 8.18. The Morgan fingerprint density at radius 3 is 2.68 bits per heavy atom. The molecule has 7 heteroatoms. The highest BCUT2D eigenvalue weighted by Gasteiger charge is 2.36. The van der Waals surface area contributed by atoms with Crippen molar-refractivity contribution >= 4 is 62.7 Å². The predicted molar refractivity (Wildman–Crippen MR) is 114 cm³/mol. The lowest BCUT2D eigenvalue weighted by molar-refractivity contribution is -0.127. The zero-order valence-corrected chi connectivity index (χ0v) is 16.6. The number of nitrogens with zero attached hydrogens (tertiary/aromatic N) is 1. The molecule has 0 atom stereocenters. The van der Waals surface area contributed by atoms with Gasteiger partial charge in [-0.25, -0.2) is 0 Å². The molecule has 4 rings (SSSR count). The minimum atomic E-state index is -0.434. The van der Waals surface area contributed by atoms with E-state index in [4.69, 9.17) is 0 Å². The van der Waals surface area contributed by atoms with Crippen LogP contribution in [0.25, 0.3) is 16.8 Å². The first-order chi connectivity index (χ1) is 13.5. The van der Waals surface area contributed by atoms with Crippen LogP contribution in [0.5, 0.6) is 0 Å². The lowest BCUT2D eigenvalue weighted by Crippen LogP contribution is -2.36. The van der Waals surface area contributed by atoms with Crippen molar-refractivity contribution in [3.05, 3.63) is 69.3 Å². The Labute approximate surface area is 170 Å². The average Bonchev–Trinajstić information content (AvgIpc) is 3.20. The largest absolute Gasteiger partial charge is 0.324 e. The van der Waals surface area contributed by atoms with Crippen LogP contribution in [0.4, 0.5) is 10.5 Å². The molecule has 2 aromatic carbocycles. The number of nitrogens with one attached hydrogen (secondary N) is 1. The summed E-state index contributed by atoms with van der Waals surface area (Å²) in [5.41, 5.74) is 1.70. The van der Waals surface area contributed by atoms with E-state index in [0.717, 1.165) is 37.9 Å². The van der Waals surface area contributed by atoms with E-state index in [9.17, 15) is 14.4 Å². The first-order valence-corrected chi connectivity index (χ1v) is 10.3. The quantitative estimate of drug-likeness (QED) is 0.625. The number of aryl methyl sites for hydroxylation is 1. The fourth-order valence-electron chi connectivity index (χ4n) is 2.96. The van der Waals surface area contributed by atoms with Crippen molar-refractivity contribution in [2.75, 3.05) is 11.9 Å². The fraction of sp³-hybridized carbons (Fsp3) is 0.0952. The zero-order valence-electron chi connectivity index (χ0n) is 15.0. The second kappa shape index (κ2) is 7.61. The third-order valence-corrected chi connectivity index (χ3v) is 6.28. The van der Waals surface area contributed by atoms with Gasteiger partial charge in [0.2, 0.25) is 5.91 Å². The number of hydrogen-bond donors (Lipinski definition) is 1. The van der Waals surface area contributed by atoms with Crippen LogP contribution >= 0.6 is 23.1 Å². The van der Waals surface area contributed by atoms with Crippen molar-refractivity contribution in [2.24, 2.45) is 0 Å². The van der Waals surface area contributed by atoms with Crippen molar-refractivity contribution in [3.8, 4) is 0 Å². The summed E-state index contributed by atoms with van der Waals surface area (Å²) in [5, 5.41) is 6.22. The maximum Gasteiger partial charge on any atom is 0.294 e. The number of fused-ring (bicyclic) bond motifs is 1. The minimum Gasteiger partial charge on any atom is -0.324 e. The molecule has 2 heterocycles. The molecule has 3 amide bonds. The molecule has 1 saturated heterocycles. The number of hydrogen-bond acceptors (Lipinski definition) is 5. The smallest absolute Gasteiger partial charge is 0.294 e. The molecule has 1 N–H and O–H groups in total. The summed E-state index contributed by atoms with van der Waals surface area (Å²) < 4.78 is 0. The van der Waals surface area contributed by atoms with Crippen LogP contribution in [0, 0.1) is 6.92 Å². The molecule has 28 heavy (non-hydrogen) atoms. The van der Waals surface area contributed by atoms with Crippen LogP contribution in [-0.4, -0.2) is 28.5 Å². The Bertz CT molecular complexity index is 1130. The summed E-state index contributed by atoms with van der Waals surface area (Å²) in [7, 11) is 0. The molecule has 140 valence electrons. The van der Waals surface area contributed by atoms with Crippen LogP contribution < -0.4 is 5.32 Å². The lowest BCUT2D eigenvalue weighted by Gasteiger charge is -2.13. The van der Waals surface area contributed by atoms with Gasteiger partial charge in [-0.3, -0.25) is 19.3 Å². The van der Waals surface area contributed by atoms with Gasteiger partial charge in [-0.05, 0) is 53.2 Å². The van der Waals surface area contributed by atoms with E-state index in [0.29, 0.717) is 10.6 Å². The number of carbonyl (C=O) groups excluding carboxylic acids is 3. The molecule has 1 fully saturated rings. The fourth-order valence-corrected chi connectivity index (χ4v) is 4.71. The summed E-state index contributed by atoms with van der Waals surface area (Å²) in [6.45, 7) is 1.64. The van der Waals surface area contributed by atoms with Gasteiger partial charge in [0, 0.05) is 16.0 Å². The van der Waals surface area contributed by atoms with Crippen LogP contribution in [0.15, 0.2) is 58.8 Å². The maximum absolute atomic E-state index is 12.6. The van der Waals surface area contributed by atoms with Crippen molar-refractivity contribution in [1.82, 2.24) is 4.90 Å². The Kier molecular flexibility index (Phi) is 5.02. The Morgan fingerprint density at radius 2 is 1.89 bits per heavy atom.